The van der Waals surface area contributed by atoms with Crippen LogP contribution in [0.15, 0.2) is 11.2 Å². The minimum atomic E-state index is 0.535. The van der Waals surface area contributed by atoms with Gasteiger partial charge in [0.15, 0.2) is 5.96 Å². The lowest BCUT2D eigenvalue weighted by molar-refractivity contribution is 0.0264. The van der Waals surface area contributed by atoms with Crippen LogP contribution in [-0.4, -0.2) is 43.3 Å². The van der Waals surface area contributed by atoms with Crippen molar-refractivity contribution in [1.29, 1.82) is 0 Å². The Morgan fingerprint density at radius 1 is 1.19 bits per heavy atom. The Balaban J connectivity index is 1.54. The molecule has 0 saturated heterocycles. The molecule has 0 atom stereocenters. The minimum Gasteiger partial charge on any atom is -0.378 e. The summed E-state index contributed by atoms with van der Waals surface area (Å²) < 4.78 is 5.99. The van der Waals surface area contributed by atoms with Crippen LogP contribution in [0.25, 0.3) is 0 Å². The van der Waals surface area contributed by atoms with Gasteiger partial charge in [0.1, 0.15) is 0 Å². The third kappa shape index (κ3) is 9.56. The van der Waals surface area contributed by atoms with Gasteiger partial charge < -0.3 is 15.4 Å². The number of aliphatic imine (C=N–C) groups is 1. The number of unbranched alkanes of at least 4 members (excludes halogenated alkanes) is 2. The Hall–Kier alpha value is -1.14. The normalized spacial score (nSPS) is 15.9. The van der Waals surface area contributed by atoms with Crippen LogP contribution in [0.4, 0.5) is 0 Å². The zero-order valence-electron chi connectivity index (χ0n) is 17.3. The van der Waals surface area contributed by atoms with E-state index in [1.54, 1.807) is 0 Å². The van der Waals surface area contributed by atoms with Gasteiger partial charge in [-0.3, -0.25) is 4.99 Å². The summed E-state index contributed by atoms with van der Waals surface area (Å²) in [6.07, 6.45) is 14.6. The molecule has 5 nitrogen and oxygen atoms in total. The fourth-order valence-electron chi connectivity index (χ4n) is 3.32. The molecule has 0 bridgehead atoms. The van der Waals surface area contributed by atoms with Crippen molar-refractivity contribution in [3.05, 3.63) is 16.1 Å². The predicted octanol–water partition coefficient (Wildman–Crippen LogP) is 4.32. The van der Waals surface area contributed by atoms with Crippen molar-refractivity contribution in [2.75, 3.05) is 26.2 Å². The minimum absolute atomic E-state index is 0.535. The first-order valence-corrected chi connectivity index (χ1v) is 11.7. The van der Waals surface area contributed by atoms with Gasteiger partial charge in [-0.2, -0.15) is 0 Å². The molecule has 2 rings (SSSR count). The van der Waals surface area contributed by atoms with E-state index in [9.17, 15) is 0 Å². The highest BCUT2D eigenvalue weighted by molar-refractivity contribution is 7.11. The topological polar surface area (TPSA) is 58.5 Å². The third-order valence-corrected chi connectivity index (χ3v) is 6.10. The fraction of sp³-hybridized carbons (Fsp3) is 0.810. The maximum Gasteiger partial charge on any atom is 0.191 e. The first-order chi connectivity index (χ1) is 13.3. The van der Waals surface area contributed by atoms with Gasteiger partial charge >= 0.3 is 0 Å². The molecule has 1 aromatic heterocycles. The predicted molar refractivity (Wildman–Crippen MR) is 116 cm³/mol. The molecular formula is C21H38N4OS. The zero-order chi connectivity index (χ0) is 19.2. The Kier molecular flexibility index (Phi) is 11.4. The lowest BCUT2D eigenvalue weighted by Crippen LogP contribution is -2.38. The SMILES string of the molecule is CCNC(=NCCCCCOC1CCCCC1)NCCc1ncc(CC)s1. The van der Waals surface area contributed by atoms with Crippen LogP contribution >= 0.6 is 11.3 Å². The van der Waals surface area contributed by atoms with Gasteiger partial charge in [0.25, 0.3) is 0 Å². The van der Waals surface area contributed by atoms with Crippen LogP contribution in [0.3, 0.4) is 0 Å². The van der Waals surface area contributed by atoms with E-state index >= 15 is 0 Å². The average Bonchev–Trinajstić information content (AvgIpc) is 3.16. The smallest absolute Gasteiger partial charge is 0.191 e. The number of aryl methyl sites for hydroxylation is 1. The number of hydrogen-bond acceptors (Lipinski definition) is 4. The number of nitrogens with one attached hydrogen (secondary N) is 2. The molecule has 0 amide bonds. The van der Waals surface area contributed by atoms with Gasteiger partial charge in [-0.05, 0) is 45.4 Å². The average molecular weight is 395 g/mol. The fourth-order valence-corrected chi connectivity index (χ4v) is 4.18. The molecule has 0 aromatic carbocycles. The molecule has 1 saturated carbocycles. The van der Waals surface area contributed by atoms with E-state index in [1.807, 2.05) is 17.5 Å². The summed E-state index contributed by atoms with van der Waals surface area (Å²) in [6, 6.07) is 0. The Labute approximate surface area is 169 Å². The molecule has 1 fully saturated rings. The quantitative estimate of drug-likeness (QED) is 0.315. The lowest BCUT2D eigenvalue weighted by Gasteiger charge is -2.21. The van der Waals surface area contributed by atoms with Gasteiger partial charge in [0.05, 0.1) is 11.1 Å². The van der Waals surface area contributed by atoms with E-state index < -0.39 is 0 Å². The second-order valence-electron chi connectivity index (χ2n) is 7.20. The molecule has 0 unspecified atom stereocenters. The summed E-state index contributed by atoms with van der Waals surface area (Å²) in [6.45, 7) is 7.83. The molecule has 0 spiro atoms. The Morgan fingerprint density at radius 3 is 2.78 bits per heavy atom. The van der Waals surface area contributed by atoms with Crippen molar-refractivity contribution in [3.8, 4) is 0 Å². The molecular weight excluding hydrogens is 356 g/mol. The zero-order valence-corrected chi connectivity index (χ0v) is 18.1. The molecule has 6 heteroatoms. The van der Waals surface area contributed by atoms with Gasteiger partial charge in [-0.25, -0.2) is 4.98 Å². The summed E-state index contributed by atoms with van der Waals surface area (Å²) >= 11 is 1.81. The molecule has 154 valence electrons. The van der Waals surface area contributed by atoms with Crippen molar-refractivity contribution in [1.82, 2.24) is 15.6 Å². The summed E-state index contributed by atoms with van der Waals surface area (Å²) in [5.41, 5.74) is 0. The van der Waals surface area contributed by atoms with Crippen molar-refractivity contribution in [2.45, 2.75) is 84.2 Å². The van der Waals surface area contributed by atoms with E-state index in [2.05, 4.69) is 29.5 Å². The first-order valence-electron chi connectivity index (χ1n) is 10.9. The van der Waals surface area contributed by atoms with E-state index in [4.69, 9.17) is 9.73 Å². The van der Waals surface area contributed by atoms with Crippen LogP contribution in [0.1, 0.15) is 75.1 Å². The number of guanidine groups is 1. The van der Waals surface area contributed by atoms with E-state index in [1.165, 1.54) is 48.4 Å². The largest absolute Gasteiger partial charge is 0.378 e. The standard InChI is InChI=1S/C21H38N4OS/c1-3-19-17-25-20(27-19)13-15-24-21(22-4-2)23-14-9-6-10-16-26-18-11-7-5-8-12-18/h17-18H,3-16H2,1-2H3,(H2,22,23,24). The molecule has 0 radical (unpaired) electrons. The van der Waals surface area contributed by atoms with Gasteiger partial charge in [-0.15, -0.1) is 11.3 Å². The molecule has 2 N–H and O–H groups in total. The maximum atomic E-state index is 5.99. The molecule has 1 aliphatic rings. The van der Waals surface area contributed by atoms with Gasteiger partial charge in [0.2, 0.25) is 0 Å². The van der Waals surface area contributed by atoms with Crippen molar-refractivity contribution in [3.63, 3.8) is 0 Å². The Morgan fingerprint density at radius 2 is 2.04 bits per heavy atom. The molecule has 1 aliphatic carbocycles. The summed E-state index contributed by atoms with van der Waals surface area (Å²) in [5.74, 6) is 0.920. The van der Waals surface area contributed by atoms with Crippen LogP contribution < -0.4 is 10.6 Å². The third-order valence-electron chi connectivity index (χ3n) is 4.90. The van der Waals surface area contributed by atoms with Crippen LogP contribution in [0, 0.1) is 0 Å². The molecule has 0 aliphatic heterocycles. The van der Waals surface area contributed by atoms with Gasteiger partial charge in [-0.1, -0.05) is 26.2 Å². The van der Waals surface area contributed by atoms with Crippen molar-refractivity contribution < 1.29 is 4.74 Å². The van der Waals surface area contributed by atoms with E-state index in [-0.39, 0.29) is 0 Å². The highest BCUT2D eigenvalue weighted by Gasteiger charge is 2.12. The highest BCUT2D eigenvalue weighted by Crippen LogP contribution is 2.20. The maximum absolute atomic E-state index is 5.99. The molecule has 1 heterocycles. The van der Waals surface area contributed by atoms with Crippen LogP contribution in [-0.2, 0) is 17.6 Å². The molecule has 27 heavy (non-hydrogen) atoms. The number of rotatable bonds is 12. The number of nitrogens with zero attached hydrogens (tertiary/aromatic N) is 2. The lowest BCUT2D eigenvalue weighted by atomic mass is 9.98. The highest BCUT2D eigenvalue weighted by atomic mass is 32.1. The van der Waals surface area contributed by atoms with E-state index in [0.717, 1.165) is 57.9 Å². The van der Waals surface area contributed by atoms with Crippen molar-refractivity contribution >= 4 is 17.3 Å². The van der Waals surface area contributed by atoms with E-state index in [0.29, 0.717) is 6.10 Å². The number of ether oxygens (including phenoxy) is 1. The summed E-state index contributed by atoms with van der Waals surface area (Å²) in [7, 11) is 0. The summed E-state index contributed by atoms with van der Waals surface area (Å²) in [4.78, 5) is 10.5. The monoisotopic (exact) mass is 394 g/mol. The van der Waals surface area contributed by atoms with Crippen LogP contribution in [0.5, 0.6) is 0 Å². The second-order valence-corrected chi connectivity index (χ2v) is 8.40. The first kappa shape index (κ1) is 22.2. The van der Waals surface area contributed by atoms with Gasteiger partial charge in [0, 0.05) is 43.7 Å². The number of aromatic nitrogens is 1. The number of thiazole rings is 1. The number of hydrogen-bond donors (Lipinski definition) is 2. The summed E-state index contributed by atoms with van der Waals surface area (Å²) in [5, 5.41) is 7.95. The van der Waals surface area contributed by atoms with Crippen molar-refractivity contribution in [2.24, 2.45) is 4.99 Å². The second kappa shape index (κ2) is 13.9. The Bertz CT molecular complexity index is 526. The van der Waals surface area contributed by atoms with Crippen LogP contribution in [0.2, 0.25) is 0 Å². The molecule has 1 aromatic rings.